The number of hydrogen-bond donors (Lipinski definition) is 3. The average Bonchev–Trinajstić information content (AvgIpc) is 2.85. The van der Waals surface area contributed by atoms with Crippen LogP contribution in [-0.4, -0.2) is 58.6 Å². The van der Waals surface area contributed by atoms with Gasteiger partial charge in [-0.1, -0.05) is 27.6 Å². The lowest BCUT2D eigenvalue weighted by molar-refractivity contribution is -0.400. The van der Waals surface area contributed by atoms with Crippen molar-refractivity contribution in [3.8, 4) is 0 Å². The lowest BCUT2D eigenvalue weighted by Crippen LogP contribution is -2.55. The van der Waals surface area contributed by atoms with Gasteiger partial charge in [0.25, 0.3) is 0 Å². The molecule has 2 rings (SSSR count). The lowest BCUT2D eigenvalue weighted by atomic mass is 9.99. The Morgan fingerprint density at radius 3 is 2.68 bits per heavy atom. The Morgan fingerprint density at radius 2 is 2.11 bits per heavy atom. The van der Waals surface area contributed by atoms with Crippen molar-refractivity contribution in [2.75, 3.05) is 4.43 Å². The van der Waals surface area contributed by atoms with Crippen molar-refractivity contribution in [1.29, 1.82) is 0 Å². The molecule has 106 valence electrons. The summed E-state index contributed by atoms with van der Waals surface area (Å²) >= 11 is 1.95. The summed E-state index contributed by atoms with van der Waals surface area (Å²) in [6.45, 7) is 0. The highest BCUT2D eigenvalue weighted by atomic mass is 125. The second-order valence-corrected chi connectivity index (χ2v) is 4.96. The number of aromatic nitrogens is 2. The molecule has 0 aromatic carbocycles. The Labute approximate surface area is 121 Å². The quantitative estimate of drug-likeness (QED) is 0.270. The SMILES string of the molecule is O=[N+]([O-])c1nccn1[C@@H]1O[C@H](C[125I])[C@H](O)[C@H](O)[C@H]1O. The van der Waals surface area contributed by atoms with Gasteiger partial charge in [0, 0.05) is 4.43 Å². The van der Waals surface area contributed by atoms with E-state index in [0.717, 1.165) is 4.57 Å². The van der Waals surface area contributed by atoms with E-state index in [0.29, 0.717) is 4.43 Å². The fraction of sp³-hybridized carbons (Fsp3) is 0.667. The predicted octanol–water partition coefficient (Wildman–Crippen LogP) is -0.794. The molecule has 0 unspecified atom stereocenters. The monoisotopic (exact) mass is 383 g/mol. The van der Waals surface area contributed by atoms with E-state index in [9.17, 15) is 25.4 Å². The minimum Gasteiger partial charge on any atom is -0.390 e. The zero-order valence-electron chi connectivity index (χ0n) is 9.53. The third kappa shape index (κ3) is 2.58. The second kappa shape index (κ2) is 5.66. The van der Waals surface area contributed by atoms with Crippen molar-refractivity contribution in [2.45, 2.75) is 30.6 Å². The van der Waals surface area contributed by atoms with Gasteiger partial charge in [0.2, 0.25) is 6.23 Å². The minimum absolute atomic E-state index is 0.363. The first-order valence-corrected chi connectivity index (χ1v) is 6.92. The van der Waals surface area contributed by atoms with E-state index in [2.05, 4.69) is 4.98 Å². The molecule has 0 spiro atoms. The summed E-state index contributed by atoms with van der Waals surface area (Å²) in [6, 6.07) is 0. The number of alkyl halides is 1. The molecule has 1 saturated heterocycles. The molecule has 0 bridgehead atoms. The molecule has 9 nitrogen and oxygen atoms in total. The number of aliphatic hydroxyl groups is 3. The van der Waals surface area contributed by atoms with Crippen LogP contribution < -0.4 is 0 Å². The van der Waals surface area contributed by atoms with Gasteiger partial charge >= 0.3 is 5.95 Å². The molecule has 5 atom stereocenters. The van der Waals surface area contributed by atoms with Crippen molar-refractivity contribution < 1.29 is 25.0 Å². The standard InChI is InChI=1S/C9H12IN3O6/c10-3-4-5(14)6(15)7(16)8(19-4)12-2-1-11-9(12)13(17)18/h1-2,4-8,14-16H,3H2/t4-,5+,6+,7-,8-/m1/s1/i10-2. The number of nitro groups is 1. The zero-order chi connectivity index (χ0) is 14.2. The van der Waals surface area contributed by atoms with Crippen LogP contribution in [0.2, 0.25) is 0 Å². The van der Waals surface area contributed by atoms with Gasteiger partial charge in [-0.2, -0.15) is 4.57 Å². The smallest absolute Gasteiger partial charge is 0.390 e. The van der Waals surface area contributed by atoms with Gasteiger partial charge in [0.05, 0.1) is 6.10 Å². The van der Waals surface area contributed by atoms with Crippen molar-refractivity contribution in [3.05, 3.63) is 22.5 Å². The normalized spacial score (nSPS) is 35.3. The van der Waals surface area contributed by atoms with E-state index in [1.54, 1.807) is 0 Å². The van der Waals surface area contributed by atoms with Gasteiger partial charge in [0.15, 0.2) is 0 Å². The summed E-state index contributed by atoms with van der Waals surface area (Å²) < 4.78 is 6.81. The first kappa shape index (κ1) is 14.6. The molecule has 0 radical (unpaired) electrons. The van der Waals surface area contributed by atoms with Crippen LogP contribution in [0, 0.1) is 10.1 Å². The maximum atomic E-state index is 10.8. The van der Waals surface area contributed by atoms with Crippen LogP contribution in [0.5, 0.6) is 0 Å². The predicted molar refractivity (Wildman–Crippen MR) is 69.7 cm³/mol. The summed E-state index contributed by atoms with van der Waals surface area (Å²) in [6.07, 6.45) is -3.59. The van der Waals surface area contributed by atoms with Gasteiger partial charge in [-0.3, -0.25) is 0 Å². The molecule has 0 saturated carbocycles. The van der Waals surface area contributed by atoms with Gasteiger partial charge in [-0.05, 0) is 4.92 Å². The molecule has 10 heteroatoms. The highest BCUT2D eigenvalue weighted by Gasteiger charge is 2.46. The van der Waals surface area contributed by atoms with Crippen molar-refractivity contribution in [1.82, 2.24) is 9.55 Å². The van der Waals surface area contributed by atoms with E-state index in [-0.39, 0.29) is 0 Å². The second-order valence-electron chi connectivity index (χ2n) is 4.08. The molecule has 1 aliphatic rings. The summed E-state index contributed by atoms with van der Waals surface area (Å²) in [4.78, 5) is 13.6. The molecule has 1 aromatic heterocycles. The van der Waals surface area contributed by atoms with Crippen LogP contribution in [0.1, 0.15) is 6.23 Å². The van der Waals surface area contributed by atoms with Gasteiger partial charge in [-0.15, -0.1) is 0 Å². The number of halogens is 1. The first-order chi connectivity index (χ1) is 8.97. The summed E-state index contributed by atoms with van der Waals surface area (Å²) in [5.74, 6) is -0.500. The summed E-state index contributed by atoms with van der Waals surface area (Å²) in [7, 11) is 0. The largest absolute Gasteiger partial charge is 0.436 e. The fourth-order valence-electron chi connectivity index (χ4n) is 1.93. The van der Waals surface area contributed by atoms with Crippen molar-refractivity contribution in [3.63, 3.8) is 0 Å². The Balaban J connectivity index is 2.32. The molecule has 19 heavy (non-hydrogen) atoms. The summed E-state index contributed by atoms with van der Waals surface area (Å²) in [5, 5.41) is 40.2. The highest BCUT2D eigenvalue weighted by molar-refractivity contribution is 14.1. The molecule has 0 amide bonds. The van der Waals surface area contributed by atoms with E-state index < -0.39 is 41.5 Å². The Morgan fingerprint density at radius 1 is 1.42 bits per heavy atom. The molecule has 1 fully saturated rings. The van der Waals surface area contributed by atoms with E-state index in [1.165, 1.54) is 12.4 Å². The van der Waals surface area contributed by atoms with E-state index >= 15 is 0 Å². The number of rotatable bonds is 3. The third-order valence-electron chi connectivity index (χ3n) is 2.92. The average molecular weight is 383 g/mol. The maximum absolute atomic E-state index is 10.8. The Kier molecular flexibility index (Phi) is 4.35. The first-order valence-electron chi connectivity index (χ1n) is 5.40. The van der Waals surface area contributed by atoms with Gasteiger partial charge in [0.1, 0.15) is 30.7 Å². The highest BCUT2D eigenvalue weighted by Crippen LogP contribution is 2.31. The Hall–Kier alpha value is -0.820. The van der Waals surface area contributed by atoms with E-state index in [1.807, 2.05) is 22.6 Å². The third-order valence-corrected chi connectivity index (χ3v) is 3.79. The maximum Gasteiger partial charge on any atom is 0.436 e. The molecule has 0 aliphatic carbocycles. The van der Waals surface area contributed by atoms with Crippen LogP contribution in [-0.2, 0) is 4.74 Å². The van der Waals surface area contributed by atoms with Crippen LogP contribution >= 0.6 is 22.6 Å². The topological polar surface area (TPSA) is 131 Å². The minimum atomic E-state index is -1.48. The molecular weight excluding hydrogens is 371 g/mol. The number of nitrogens with zero attached hydrogens (tertiary/aromatic N) is 3. The fourth-order valence-corrected chi connectivity index (χ4v) is 2.66. The van der Waals surface area contributed by atoms with Crippen molar-refractivity contribution >= 4 is 28.5 Å². The number of aliphatic hydroxyl groups excluding tert-OH is 3. The number of hydrogen-bond acceptors (Lipinski definition) is 7. The van der Waals surface area contributed by atoms with E-state index in [4.69, 9.17) is 4.74 Å². The molecule has 2 heterocycles. The summed E-state index contributed by atoms with van der Waals surface area (Å²) in [5.41, 5.74) is 0. The molecule has 3 N–H and O–H groups in total. The lowest BCUT2D eigenvalue weighted by Gasteiger charge is -2.38. The van der Waals surface area contributed by atoms with Crippen LogP contribution in [0.15, 0.2) is 12.4 Å². The van der Waals surface area contributed by atoms with Crippen molar-refractivity contribution in [2.24, 2.45) is 0 Å². The van der Waals surface area contributed by atoms with Crippen LogP contribution in [0.4, 0.5) is 5.95 Å². The van der Waals surface area contributed by atoms with Crippen LogP contribution in [0.25, 0.3) is 0 Å². The zero-order valence-corrected chi connectivity index (χ0v) is 11.7. The Bertz CT molecular complexity index is 467. The molecule has 1 aliphatic heterocycles. The van der Waals surface area contributed by atoms with Crippen LogP contribution in [0.3, 0.4) is 0 Å². The molecule has 1 aromatic rings. The van der Waals surface area contributed by atoms with Gasteiger partial charge < -0.3 is 30.2 Å². The van der Waals surface area contributed by atoms with Gasteiger partial charge in [-0.25, -0.2) is 0 Å². The molecular formula is C9H12IN3O6. The number of ether oxygens (including phenoxy) is 1. The number of imidazole rings is 1.